The summed E-state index contributed by atoms with van der Waals surface area (Å²) in [7, 11) is -4.10. The number of aromatic hydroxyl groups is 1. The highest BCUT2D eigenvalue weighted by Gasteiger charge is 2.25. The lowest BCUT2D eigenvalue weighted by atomic mass is 10.0. The van der Waals surface area contributed by atoms with Gasteiger partial charge in [0.25, 0.3) is 10.1 Å². The monoisotopic (exact) mass is 802 g/mol. The van der Waals surface area contributed by atoms with Crippen molar-refractivity contribution in [1.82, 2.24) is 0 Å². The largest absolute Gasteiger partial charge is 0.508 e. The van der Waals surface area contributed by atoms with Gasteiger partial charge in [0.1, 0.15) is 31.7 Å². The molecule has 0 aliphatic carbocycles. The average molecular weight is 803 g/mol. The van der Waals surface area contributed by atoms with Gasteiger partial charge in [0.05, 0.1) is 23.2 Å². The number of hydrogen-bond acceptors (Lipinski definition) is 10. The van der Waals surface area contributed by atoms with E-state index < -0.39 is 34.9 Å². The molecule has 0 heterocycles. The Labute approximate surface area is 339 Å². The molecule has 6 rings (SSSR count). The Hall–Kier alpha value is -6.14. The number of ether oxygens (including phenoxy) is 4. The van der Waals surface area contributed by atoms with E-state index in [2.05, 4.69) is 0 Å². The van der Waals surface area contributed by atoms with Crippen LogP contribution in [0, 0.1) is 6.92 Å². The molecule has 6 aromatic rings. The number of aliphatic hydroxyl groups is 1. The van der Waals surface area contributed by atoms with Gasteiger partial charge in [-0.15, -0.1) is 0 Å². The highest BCUT2D eigenvalue weighted by Crippen LogP contribution is 2.41. The van der Waals surface area contributed by atoms with Crippen molar-refractivity contribution in [3.05, 3.63) is 185 Å². The van der Waals surface area contributed by atoms with E-state index in [1.165, 1.54) is 24.3 Å². The molecule has 2 atom stereocenters. The predicted molar refractivity (Wildman–Crippen MR) is 219 cm³/mol. The van der Waals surface area contributed by atoms with Gasteiger partial charge in [-0.3, -0.25) is 4.18 Å². The molecule has 0 spiro atoms. The van der Waals surface area contributed by atoms with E-state index in [0.717, 1.165) is 27.8 Å². The maximum absolute atomic E-state index is 14.1. The number of aliphatic hydroxyl groups excluding tert-OH is 1. The first-order chi connectivity index (χ1) is 28.1. The number of carbonyl (C=O) groups is 1. The molecule has 300 valence electrons. The molecule has 58 heavy (non-hydrogen) atoms. The lowest BCUT2D eigenvalue weighted by molar-refractivity contribution is 0.0215. The zero-order valence-electron chi connectivity index (χ0n) is 32.1. The van der Waals surface area contributed by atoms with Crippen molar-refractivity contribution in [3.8, 4) is 23.0 Å². The van der Waals surface area contributed by atoms with Crippen LogP contribution in [0.3, 0.4) is 0 Å². The molecule has 0 aliphatic rings. The Morgan fingerprint density at radius 1 is 0.621 bits per heavy atom. The summed E-state index contributed by atoms with van der Waals surface area (Å²) < 4.78 is 55.9. The van der Waals surface area contributed by atoms with E-state index in [-0.39, 0.29) is 66.8 Å². The fraction of sp³-hybridized carbons (Fsp3) is 0.213. The van der Waals surface area contributed by atoms with Crippen molar-refractivity contribution in [2.75, 3.05) is 6.61 Å². The maximum atomic E-state index is 14.1. The lowest BCUT2D eigenvalue weighted by Gasteiger charge is -2.22. The van der Waals surface area contributed by atoms with E-state index in [0.29, 0.717) is 5.75 Å². The maximum Gasteiger partial charge on any atom is 0.338 e. The first kappa shape index (κ1) is 41.5. The van der Waals surface area contributed by atoms with Crippen LogP contribution in [0.1, 0.15) is 51.0 Å². The summed E-state index contributed by atoms with van der Waals surface area (Å²) in [5, 5.41) is 20.7. The molecular formula is C47H46O10S. The molecule has 0 radical (unpaired) electrons. The van der Waals surface area contributed by atoms with Gasteiger partial charge < -0.3 is 29.2 Å². The van der Waals surface area contributed by atoms with Crippen molar-refractivity contribution in [2.24, 2.45) is 0 Å². The molecule has 0 saturated heterocycles. The number of benzene rings is 6. The fourth-order valence-electron chi connectivity index (χ4n) is 5.97. The topological polar surface area (TPSA) is 138 Å². The number of aryl methyl sites for hydroxylation is 1. The Morgan fingerprint density at radius 3 is 1.64 bits per heavy atom. The molecule has 0 fully saturated rings. The second-order valence-electron chi connectivity index (χ2n) is 13.8. The molecule has 2 N–H and O–H groups in total. The van der Waals surface area contributed by atoms with Gasteiger partial charge in [-0.05, 0) is 78.4 Å². The number of phenolic OH excluding ortho intramolecular Hbond substituents is 1. The zero-order valence-corrected chi connectivity index (χ0v) is 32.9. The van der Waals surface area contributed by atoms with E-state index in [1.54, 1.807) is 36.4 Å². The molecular weight excluding hydrogens is 757 g/mol. The number of hydrogen-bond donors (Lipinski definition) is 2. The van der Waals surface area contributed by atoms with Crippen LogP contribution in [-0.2, 0) is 45.3 Å². The number of carbonyl (C=O) groups excluding carboxylic acids is 1. The van der Waals surface area contributed by atoms with E-state index >= 15 is 0 Å². The van der Waals surface area contributed by atoms with Crippen molar-refractivity contribution in [1.29, 1.82) is 0 Å². The number of esters is 1. The molecule has 0 bridgehead atoms. The SMILES string of the molecule is Cc1ccc(S(=O)(=O)OC[C@@H](O)CC[C@H](Cc2ccc(O)cc2)OC(=O)c2cc(OCc3ccccc3)c(OCc3ccccc3)c(OCc3ccccc3)c2)cc1. The second-order valence-corrected chi connectivity index (χ2v) is 15.4. The fourth-order valence-corrected chi connectivity index (χ4v) is 6.91. The third-order valence-corrected chi connectivity index (χ3v) is 10.5. The molecule has 0 unspecified atom stereocenters. The summed E-state index contributed by atoms with van der Waals surface area (Å²) >= 11 is 0. The second kappa shape index (κ2) is 20.3. The predicted octanol–water partition coefficient (Wildman–Crippen LogP) is 8.75. The molecule has 6 aromatic carbocycles. The first-order valence-electron chi connectivity index (χ1n) is 18.9. The van der Waals surface area contributed by atoms with Gasteiger partial charge in [-0.1, -0.05) is 121 Å². The van der Waals surface area contributed by atoms with Gasteiger partial charge in [0, 0.05) is 6.42 Å². The minimum Gasteiger partial charge on any atom is -0.508 e. The van der Waals surface area contributed by atoms with Gasteiger partial charge in [-0.25, -0.2) is 4.79 Å². The van der Waals surface area contributed by atoms with Crippen molar-refractivity contribution >= 4 is 16.1 Å². The average Bonchev–Trinajstić information content (AvgIpc) is 3.24. The van der Waals surface area contributed by atoms with Gasteiger partial charge in [-0.2, -0.15) is 8.42 Å². The first-order valence-corrected chi connectivity index (χ1v) is 20.3. The van der Waals surface area contributed by atoms with E-state index in [4.69, 9.17) is 23.1 Å². The number of phenols is 1. The summed E-state index contributed by atoms with van der Waals surface area (Å²) in [5.74, 6) is 0.265. The van der Waals surface area contributed by atoms with Crippen molar-refractivity contribution in [2.45, 2.75) is 63.1 Å². The van der Waals surface area contributed by atoms with Gasteiger partial charge in [0.15, 0.2) is 11.5 Å². The summed E-state index contributed by atoms with van der Waals surface area (Å²) in [6.07, 6.45) is -1.49. The smallest absolute Gasteiger partial charge is 0.338 e. The summed E-state index contributed by atoms with van der Waals surface area (Å²) in [6.45, 7) is 1.94. The molecule has 10 nitrogen and oxygen atoms in total. The third-order valence-electron chi connectivity index (χ3n) is 9.18. The minimum absolute atomic E-state index is 0.0137. The molecule has 0 aliphatic heterocycles. The highest BCUT2D eigenvalue weighted by atomic mass is 32.2. The number of rotatable bonds is 20. The van der Waals surface area contributed by atoms with Crippen molar-refractivity contribution < 1.29 is 46.6 Å². The Morgan fingerprint density at radius 2 is 1.12 bits per heavy atom. The van der Waals surface area contributed by atoms with Crippen LogP contribution < -0.4 is 14.2 Å². The van der Waals surface area contributed by atoms with Crippen molar-refractivity contribution in [3.63, 3.8) is 0 Å². The molecule has 11 heteroatoms. The lowest BCUT2D eigenvalue weighted by Crippen LogP contribution is -2.25. The normalized spacial score (nSPS) is 12.3. The van der Waals surface area contributed by atoms with E-state index in [1.807, 2.05) is 97.9 Å². The third kappa shape index (κ3) is 12.4. The van der Waals surface area contributed by atoms with Crippen LogP contribution in [0.2, 0.25) is 0 Å². The molecule has 0 aromatic heterocycles. The van der Waals surface area contributed by atoms with Crippen LogP contribution >= 0.6 is 0 Å². The summed E-state index contributed by atoms with van der Waals surface area (Å²) in [5.41, 5.74) is 4.53. The molecule has 0 saturated carbocycles. The van der Waals surface area contributed by atoms with Gasteiger partial charge >= 0.3 is 5.97 Å². The Kier molecular flexibility index (Phi) is 14.5. The minimum atomic E-state index is -4.10. The highest BCUT2D eigenvalue weighted by molar-refractivity contribution is 7.86. The van der Waals surface area contributed by atoms with Crippen LogP contribution in [0.25, 0.3) is 0 Å². The van der Waals surface area contributed by atoms with Gasteiger partial charge in [0.2, 0.25) is 5.75 Å². The summed E-state index contributed by atoms with van der Waals surface area (Å²) in [4.78, 5) is 14.1. The van der Waals surface area contributed by atoms with Crippen LogP contribution in [0.5, 0.6) is 23.0 Å². The standard InChI is InChI=1S/C47H46O10S/c1-34-17-25-43(26-18-34)58(51,52)56-33-41(49)23-24-42(27-35-19-21-40(48)22-20-35)57-47(50)39-28-44(53-30-36-11-5-2-6-12-36)46(55-32-38-15-9-4-10-16-38)45(29-39)54-31-37-13-7-3-8-14-37/h2-22,25-26,28-29,41-42,48-49H,23-24,27,30-33H2,1H3/t41-,42+/m0/s1. The Bertz CT molecular complexity index is 2240. The summed E-state index contributed by atoms with van der Waals surface area (Å²) in [6, 6.07) is 44.7. The van der Waals surface area contributed by atoms with Crippen LogP contribution in [-0.4, -0.2) is 43.4 Å². The van der Waals surface area contributed by atoms with E-state index in [9.17, 15) is 23.4 Å². The molecule has 0 amide bonds. The van der Waals surface area contributed by atoms with Crippen LogP contribution in [0.15, 0.2) is 157 Å². The zero-order chi connectivity index (χ0) is 40.7. The van der Waals surface area contributed by atoms with Crippen LogP contribution in [0.4, 0.5) is 0 Å². The Balaban J connectivity index is 1.25. The quantitative estimate of drug-likeness (QED) is 0.0569.